The normalized spacial score (nSPS) is 11.9. The summed E-state index contributed by atoms with van der Waals surface area (Å²) in [4.78, 5) is 29.8. The van der Waals surface area contributed by atoms with Crippen LogP contribution in [-0.2, 0) is 32.6 Å². The van der Waals surface area contributed by atoms with Crippen LogP contribution in [0.5, 0.6) is 0 Å². The molecule has 0 aliphatic heterocycles. The van der Waals surface area contributed by atoms with Crippen molar-refractivity contribution in [2.24, 2.45) is 0 Å². The highest BCUT2D eigenvalue weighted by Gasteiger charge is 2.35. The number of anilines is 1. The van der Waals surface area contributed by atoms with Crippen LogP contribution in [0.1, 0.15) is 41.2 Å². The number of hydrogen-bond donors (Lipinski definition) is 1. The Bertz CT molecular complexity index is 1660. The monoisotopic (exact) mass is 611 g/mol. The molecule has 1 atom stereocenters. The minimum absolute atomic E-state index is 0.0898. The molecule has 4 rings (SSSR count). The molecule has 0 bridgehead atoms. The van der Waals surface area contributed by atoms with Gasteiger partial charge in [0.2, 0.25) is 11.8 Å². The summed E-state index contributed by atoms with van der Waals surface area (Å²) < 4.78 is 29.6. The van der Waals surface area contributed by atoms with Crippen molar-refractivity contribution < 1.29 is 18.0 Å². The molecule has 0 unspecified atom stereocenters. The predicted octanol–water partition coefficient (Wildman–Crippen LogP) is 5.97. The molecule has 0 aliphatic carbocycles. The van der Waals surface area contributed by atoms with E-state index in [-0.39, 0.29) is 23.8 Å². The van der Waals surface area contributed by atoms with Gasteiger partial charge < -0.3 is 10.2 Å². The zero-order valence-corrected chi connectivity index (χ0v) is 26.7. The minimum atomic E-state index is -4.14. The lowest BCUT2D eigenvalue weighted by atomic mass is 10.0. The fourth-order valence-electron chi connectivity index (χ4n) is 5.14. The summed E-state index contributed by atoms with van der Waals surface area (Å²) in [5.41, 5.74) is 4.78. The Morgan fingerprint density at radius 2 is 1.36 bits per heavy atom. The van der Waals surface area contributed by atoms with E-state index >= 15 is 0 Å². The van der Waals surface area contributed by atoms with Crippen LogP contribution in [0, 0.1) is 20.8 Å². The van der Waals surface area contributed by atoms with Crippen LogP contribution in [0.3, 0.4) is 0 Å². The minimum Gasteiger partial charge on any atom is -0.354 e. The first kappa shape index (κ1) is 32.5. The Morgan fingerprint density at radius 1 is 0.773 bits per heavy atom. The van der Waals surface area contributed by atoms with Crippen LogP contribution in [-0.4, -0.2) is 44.3 Å². The Balaban J connectivity index is 1.80. The molecule has 0 fully saturated rings. The second-order valence-electron chi connectivity index (χ2n) is 11.1. The third-order valence-electron chi connectivity index (χ3n) is 7.52. The predicted molar refractivity (Wildman–Crippen MR) is 176 cm³/mol. The number of carbonyl (C=O) groups is 2. The standard InChI is InChI=1S/C36H41N3O4S/c1-5-22-37-36(41)34(24-30-12-8-6-9-13-30)38(25-31-14-10-7-11-15-31)35(40)26-39(33-21-18-28(3)23-29(33)4)44(42,43)32-19-16-27(2)17-20-32/h6-21,23,34H,5,22,24-26H2,1-4H3,(H,37,41)/t34-/m0/s1. The van der Waals surface area contributed by atoms with E-state index in [0.29, 0.717) is 12.2 Å². The van der Waals surface area contributed by atoms with Gasteiger partial charge in [-0.25, -0.2) is 8.42 Å². The van der Waals surface area contributed by atoms with Crippen molar-refractivity contribution in [1.29, 1.82) is 0 Å². The lowest BCUT2D eigenvalue weighted by Crippen LogP contribution is -2.53. The van der Waals surface area contributed by atoms with Crippen molar-refractivity contribution in [3.63, 3.8) is 0 Å². The molecule has 0 spiro atoms. The van der Waals surface area contributed by atoms with E-state index in [9.17, 15) is 18.0 Å². The van der Waals surface area contributed by atoms with Crippen LogP contribution in [0.4, 0.5) is 5.69 Å². The molecule has 0 saturated heterocycles. The Kier molecular flexibility index (Phi) is 11.0. The van der Waals surface area contributed by atoms with Crippen molar-refractivity contribution in [2.45, 2.75) is 58.0 Å². The first-order valence-electron chi connectivity index (χ1n) is 14.9. The maximum absolute atomic E-state index is 14.5. The third kappa shape index (κ3) is 8.14. The summed E-state index contributed by atoms with van der Waals surface area (Å²) in [6.07, 6.45) is 1.02. The molecule has 0 aliphatic rings. The first-order chi connectivity index (χ1) is 21.1. The summed E-state index contributed by atoms with van der Waals surface area (Å²) in [5.74, 6) is -0.753. The highest BCUT2D eigenvalue weighted by Crippen LogP contribution is 2.28. The van der Waals surface area contributed by atoms with Crippen LogP contribution in [0.2, 0.25) is 0 Å². The second-order valence-corrected chi connectivity index (χ2v) is 13.0. The van der Waals surface area contributed by atoms with Crippen LogP contribution in [0.25, 0.3) is 0 Å². The molecule has 0 aromatic heterocycles. The molecule has 0 heterocycles. The first-order valence-corrected chi connectivity index (χ1v) is 16.4. The molecule has 2 amide bonds. The largest absolute Gasteiger partial charge is 0.354 e. The van der Waals surface area contributed by atoms with Gasteiger partial charge >= 0.3 is 0 Å². The van der Waals surface area contributed by atoms with E-state index in [1.54, 1.807) is 30.3 Å². The third-order valence-corrected chi connectivity index (χ3v) is 9.30. The van der Waals surface area contributed by atoms with E-state index in [0.717, 1.165) is 34.2 Å². The zero-order valence-electron chi connectivity index (χ0n) is 25.9. The summed E-state index contributed by atoms with van der Waals surface area (Å²) in [6, 6.07) is 30.2. The maximum atomic E-state index is 14.5. The SMILES string of the molecule is CCCNC(=O)[C@H](Cc1ccccc1)N(Cc1ccccc1)C(=O)CN(c1ccc(C)cc1C)S(=O)(=O)c1ccc(C)cc1. The van der Waals surface area contributed by atoms with Gasteiger partial charge in [0.05, 0.1) is 10.6 Å². The van der Waals surface area contributed by atoms with Gasteiger partial charge in [0, 0.05) is 19.5 Å². The van der Waals surface area contributed by atoms with Crippen LogP contribution >= 0.6 is 0 Å². The van der Waals surface area contributed by atoms with Crippen molar-refractivity contribution in [2.75, 3.05) is 17.4 Å². The molecule has 8 heteroatoms. The van der Waals surface area contributed by atoms with E-state index in [2.05, 4.69) is 5.32 Å². The van der Waals surface area contributed by atoms with Gasteiger partial charge in [-0.2, -0.15) is 0 Å². The van der Waals surface area contributed by atoms with E-state index in [1.165, 1.54) is 9.21 Å². The Labute approximate surface area is 261 Å². The van der Waals surface area contributed by atoms with Gasteiger partial charge in [0.25, 0.3) is 10.0 Å². The molecule has 4 aromatic rings. The highest BCUT2D eigenvalue weighted by molar-refractivity contribution is 7.92. The van der Waals surface area contributed by atoms with Gasteiger partial charge in [-0.3, -0.25) is 13.9 Å². The Morgan fingerprint density at radius 3 is 1.95 bits per heavy atom. The van der Waals surface area contributed by atoms with Crippen molar-refractivity contribution in [1.82, 2.24) is 10.2 Å². The number of hydrogen-bond acceptors (Lipinski definition) is 4. The average Bonchev–Trinajstić information content (AvgIpc) is 3.01. The number of aryl methyl sites for hydroxylation is 3. The average molecular weight is 612 g/mol. The molecule has 0 saturated carbocycles. The number of sulfonamides is 1. The van der Waals surface area contributed by atoms with Gasteiger partial charge in [-0.15, -0.1) is 0 Å². The maximum Gasteiger partial charge on any atom is 0.264 e. The van der Waals surface area contributed by atoms with Crippen LogP contribution in [0.15, 0.2) is 108 Å². The molecular formula is C36H41N3O4S. The van der Waals surface area contributed by atoms with Crippen molar-refractivity contribution >= 4 is 27.5 Å². The van der Waals surface area contributed by atoms with E-state index in [1.807, 2.05) is 100 Å². The molecule has 4 aromatic carbocycles. The van der Waals surface area contributed by atoms with Gasteiger partial charge in [0.1, 0.15) is 12.6 Å². The quantitative estimate of drug-likeness (QED) is 0.202. The molecular weight excluding hydrogens is 570 g/mol. The zero-order chi connectivity index (χ0) is 31.7. The lowest BCUT2D eigenvalue weighted by molar-refractivity contribution is -0.140. The fraction of sp³-hybridized carbons (Fsp3) is 0.278. The summed E-state index contributed by atoms with van der Waals surface area (Å²) in [7, 11) is -4.14. The molecule has 7 nitrogen and oxygen atoms in total. The Hall–Kier alpha value is -4.43. The number of amides is 2. The molecule has 44 heavy (non-hydrogen) atoms. The van der Waals surface area contributed by atoms with Crippen molar-refractivity contribution in [3.8, 4) is 0 Å². The number of benzene rings is 4. The fourth-order valence-corrected chi connectivity index (χ4v) is 6.61. The number of carbonyl (C=O) groups excluding carboxylic acids is 2. The number of rotatable bonds is 13. The topological polar surface area (TPSA) is 86.8 Å². The van der Waals surface area contributed by atoms with Gasteiger partial charge in [-0.05, 0) is 62.1 Å². The summed E-state index contributed by atoms with van der Waals surface area (Å²) in [6.45, 7) is 7.76. The summed E-state index contributed by atoms with van der Waals surface area (Å²) >= 11 is 0. The van der Waals surface area contributed by atoms with E-state index < -0.39 is 28.5 Å². The van der Waals surface area contributed by atoms with Gasteiger partial charge in [-0.1, -0.05) is 103 Å². The van der Waals surface area contributed by atoms with Gasteiger partial charge in [0.15, 0.2) is 0 Å². The smallest absolute Gasteiger partial charge is 0.264 e. The lowest BCUT2D eigenvalue weighted by Gasteiger charge is -2.34. The number of nitrogens with zero attached hydrogens (tertiary/aromatic N) is 2. The molecule has 230 valence electrons. The molecule has 1 N–H and O–H groups in total. The van der Waals surface area contributed by atoms with Crippen molar-refractivity contribution in [3.05, 3.63) is 131 Å². The number of nitrogens with one attached hydrogen (secondary N) is 1. The highest BCUT2D eigenvalue weighted by atomic mass is 32.2. The summed E-state index contributed by atoms with van der Waals surface area (Å²) in [5, 5.41) is 2.97. The second kappa shape index (κ2) is 14.8. The molecule has 0 radical (unpaired) electrons. The van der Waals surface area contributed by atoms with E-state index in [4.69, 9.17) is 0 Å². The van der Waals surface area contributed by atoms with Crippen LogP contribution < -0.4 is 9.62 Å².